The molecule has 0 unspecified atom stereocenters. The molecule has 0 aromatic heterocycles. The van der Waals surface area contributed by atoms with Crippen LogP contribution in [-0.4, -0.2) is 57.4 Å². The SMILES string of the molecule is CCN(CC)S(=O)(=O)c1ccc(C(=O)OCC(=O)Nc2ccc(C(=O)OC)cc2)cc1. The van der Waals surface area contributed by atoms with Gasteiger partial charge in [-0.2, -0.15) is 4.31 Å². The van der Waals surface area contributed by atoms with Crippen molar-refractivity contribution in [3.8, 4) is 0 Å². The van der Waals surface area contributed by atoms with Crippen LogP contribution in [0.15, 0.2) is 53.4 Å². The average molecular weight is 448 g/mol. The van der Waals surface area contributed by atoms with E-state index >= 15 is 0 Å². The van der Waals surface area contributed by atoms with Gasteiger partial charge in [-0.3, -0.25) is 4.79 Å². The highest BCUT2D eigenvalue weighted by atomic mass is 32.2. The second-order valence-electron chi connectivity index (χ2n) is 6.31. The first-order valence-corrected chi connectivity index (χ1v) is 10.9. The van der Waals surface area contributed by atoms with Crippen LogP contribution in [0.5, 0.6) is 0 Å². The van der Waals surface area contributed by atoms with Crippen LogP contribution in [0.3, 0.4) is 0 Å². The zero-order valence-electron chi connectivity index (χ0n) is 17.5. The average Bonchev–Trinajstić information content (AvgIpc) is 2.78. The number of amides is 1. The van der Waals surface area contributed by atoms with Crippen molar-refractivity contribution in [2.75, 3.05) is 32.1 Å². The molecule has 31 heavy (non-hydrogen) atoms. The van der Waals surface area contributed by atoms with Crippen LogP contribution in [0.1, 0.15) is 34.6 Å². The summed E-state index contributed by atoms with van der Waals surface area (Å²) in [6.07, 6.45) is 0. The highest BCUT2D eigenvalue weighted by Crippen LogP contribution is 2.17. The number of carbonyl (C=O) groups is 3. The first-order valence-electron chi connectivity index (χ1n) is 9.48. The smallest absolute Gasteiger partial charge is 0.338 e. The largest absolute Gasteiger partial charge is 0.465 e. The lowest BCUT2D eigenvalue weighted by Crippen LogP contribution is -2.30. The van der Waals surface area contributed by atoms with E-state index in [0.717, 1.165) is 0 Å². The van der Waals surface area contributed by atoms with Crippen molar-refractivity contribution >= 4 is 33.6 Å². The summed E-state index contributed by atoms with van der Waals surface area (Å²) in [5.74, 6) is -1.83. The van der Waals surface area contributed by atoms with Gasteiger partial charge in [0.25, 0.3) is 5.91 Å². The van der Waals surface area contributed by atoms with Crippen LogP contribution in [0.2, 0.25) is 0 Å². The van der Waals surface area contributed by atoms with Crippen LogP contribution >= 0.6 is 0 Å². The van der Waals surface area contributed by atoms with E-state index in [1.54, 1.807) is 13.8 Å². The van der Waals surface area contributed by atoms with Gasteiger partial charge in [0.05, 0.1) is 23.1 Å². The first-order chi connectivity index (χ1) is 14.7. The third-order valence-electron chi connectivity index (χ3n) is 4.36. The van der Waals surface area contributed by atoms with E-state index in [-0.39, 0.29) is 10.5 Å². The van der Waals surface area contributed by atoms with E-state index < -0.39 is 34.5 Å². The Morgan fingerprint density at radius 1 is 0.871 bits per heavy atom. The van der Waals surface area contributed by atoms with Gasteiger partial charge in [-0.25, -0.2) is 18.0 Å². The first kappa shape index (κ1) is 24.0. The number of methoxy groups -OCH3 is 1. The van der Waals surface area contributed by atoms with Crippen LogP contribution in [0.4, 0.5) is 5.69 Å². The maximum atomic E-state index is 12.5. The summed E-state index contributed by atoms with van der Waals surface area (Å²) in [5, 5.41) is 2.53. The molecular weight excluding hydrogens is 424 g/mol. The van der Waals surface area contributed by atoms with Gasteiger partial charge in [-0.05, 0) is 48.5 Å². The predicted octanol–water partition coefficient (Wildman–Crippen LogP) is 2.30. The molecular formula is C21H24N2O7S. The molecule has 0 atom stereocenters. The summed E-state index contributed by atoms with van der Waals surface area (Å²) in [4.78, 5) is 35.6. The number of ether oxygens (including phenoxy) is 2. The molecule has 9 nitrogen and oxygen atoms in total. The lowest BCUT2D eigenvalue weighted by Gasteiger charge is -2.18. The van der Waals surface area contributed by atoms with E-state index in [1.165, 1.54) is 59.9 Å². The van der Waals surface area contributed by atoms with Crippen molar-refractivity contribution in [3.63, 3.8) is 0 Å². The Kier molecular flexibility index (Phi) is 8.29. The second-order valence-corrected chi connectivity index (χ2v) is 8.24. The molecule has 2 aromatic rings. The Bertz CT molecular complexity index is 1030. The second kappa shape index (κ2) is 10.7. The number of hydrogen-bond donors (Lipinski definition) is 1. The van der Waals surface area contributed by atoms with E-state index in [1.807, 2.05) is 0 Å². The maximum absolute atomic E-state index is 12.5. The number of carbonyl (C=O) groups excluding carboxylic acids is 3. The summed E-state index contributed by atoms with van der Waals surface area (Å²) >= 11 is 0. The Labute approximate surface area is 181 Å². The van der Waals surface area contributed by atoms with Crippen molar-refractivity contribution in [2.24, 2.45) is 0 Å². The molecule has 0 radical (unpaired) electrons. The maximum Gasteiger partial charge on any atom is 0.338 e. The van der Waals surface area contributed by atoms with Gasteiger partial charge >= 0.3 is 11.9 Å². The van der Waals surface area contributed by atoms with Gasteiger partial charge in [-0.1, -0.05) is 13.8 Å². The fraction of sp³-hybridized carbons (Fsp3) is 0.286. The van der Waals surface area contributed by atoms with Gasteiger partial charge in [-0.15, -0.1) is 0 Å². The number of hydrogen-bond acceptors (Lipinski definition) is 7. The molecule has 1 N–H and O–H groups in total. The molecule has 166 valence electrons. The number of esters is 2. The summed E-state index contributed by atoms with van der Waals surface area (Å²) in [6.45, 7) is 3.63. The third-order valence-corrected chi connectivity index (χ3v) is 6.42. The summed E-state index contributed by atoms with van der Waals surface area (Å²) in [5.41, 5.74) is 0.867. The van der Waals surface area contributed by atoms with E-state index in [0.29, 0.717) is 24.3 Å². The van der Waals surface area contributed by atoms with Crippen LogP contribution < -0.4 is 5.32 Å². The molecule has 0 aliphatic rings. The lowest BCUT2D eigenvalue weighted by atomic mass is 10.2. The topological polar surface area (TPSA) is 119 Å². The standard InChI is InChI=1S/C21H24N2O7S/c1-4-23(5-2)31(27,28)18-12-8-16(9-13-18)21(26)30-14-19(24)22-17-10-6-15(7-11-17)20(25)29-3/h6-13H,4-5,14H2,1-3H3,(H,22,24). The fourth-order valence-electron chi connectivity index (χ4n) is 2.69. The molecule has 0 aliphatic heterocycles. The molecule has 0 saturated carbocycles. The number of rotatable bonds is 9. The summed E-state index contributed by atoms with van der Waals surface area (Å²) < 4.78 is 35.8. The highest BCUT2D eigenvalue weighted by Gasteiger charge is 2.22. The molecule has 0 heterocycles. The van der Waals surface area contributed by atoms with E-state index in [9.17, 15) is 22.8 Å². The normalized spacial score (nSPS) is 11.1. The van der Waals surface area contributed by atoms with Crippen LogP contribution in [-0.2, 0) is 24.3 Å². The molecule has 0 aliphatic carbocycles. The van der Waals surface area contributed by atoms with Gasteiger partial charge in [0, 0.05) is 18.8 Å². The van der Waals surface area contributed by atoms with E-state index in [4.69, 9.17) is 4.74 Å². The molecule has 1 amide bonds. The van der Waals surface area contributed by atoms with Crippen molar-refractivity contribution in [1.82, 2.24) is 4.31 Å². The minimum absolute atomic E-state index is 0.0703. The molecule has 2 rings (SSSR count). The minimum Gasteiger partial charge on any atom is -0.465 e. The zero-order chi connectivity index (χ0) is 23.0. The molecule has 0 bridgehead atoms. The van der Waals surface area contributed by atoms with Gasteiger partial charge < -0.3 is 14.8 Å². The molecule has 0 fully saturated rings. The monoisotopic (exact) mass is 448 g/mol. The zero-order valence-corrected chi connectivity index (χ0v) is 18.3. The number of benzene rings is 2. The van der Waals surface area contributed by atoms with Crippen LogP contribution in [0.25, 0.3) is 0 Å². The summed E-state index contributed by atoms with van der Waals surface area (Å²) in [6, 6.07) is 11.3. The number of nitrogens with one attached hydrogen (secondary N) is 1. The Morgan fingerprint density at radius 2 is 1.39 bits per heavy atom. The third kappa shape index (κ3) is 6.12. The predicted molar refractivity (Wildman–Crippen MR) is 113 cm³/mol. The van der Waals surface area contributed by atoms with Crippen molar-refractivity contribution in [1.29, 1.82) is 0 Å². The highest BCUT2D eigenvalue weighted by molar-refractivity contribution is 7.89. The van der Waals surface area contributed by atoms with Gasteiger partial charge in [0.1, 0.15) is 0 Å². The number of nitrogens with zero attached hydrogens (tertiary/aromatic N) is 1. The molecule has 10 heteroatoms. The Morgan fingerprint density at radius 3 is 1.90 bits per heavy atom. The van der Waals surface area contributed by atoms with Crippen molar-refractivity contribution in [3.05, 3.63) is 59.7 Å². The fourth-order valence-corrected chi connectivity index (χ4v) is 4.15. The number of anilines is 1. The van der Waals surface area contributed by atoms with Gasteiger partial charge in [0.2, 0.25) is 10.0 Å². The van der Waals surface area contributed by atoms with E-state index in [2.05, 4.69) is 10.1 Å². The summed E-state index contributed by atoms with van der Waals surface area (Å²) in [7, 11) is -2.36. The van der Waals surface area contributed by atoms with Crippen molar-refractivity contribution in [2.45, 2.75) is 18.7 Å². The molecule has 0 spiro atoms. The Hall–Kier alpha value is -3.24. The lowest BCUT2D eigenvalue weighted by molar-refractivity contribution is -0.119. The Balaban J connectivity index is 1.93. The van der Waals surface area contributed by atoms with Crippen LogP contribution in [0, 0.1) is 0 Å². The van der Waals surface area contributed by atoms with Crippen molar-refractivity contribution < 1.29 is 32.3 Å². The minimum atomic E-state index is -3.63. The number of sulfonamides is 1. The molecule has 0 saturated heterocycles. The quantitative estimate of drug-likeness (QED) is 0.585. The molecule has 2 aromatic carbocycles. The van der Waals surface area contributed by atoms with Gasteiger partial charge in [0.15, 0.2) is 6.61 Å².